The molecule has 0 bridgehead atoms. The van der Waals surface area contributed by atoms with Crippen LogP contribution in [0.4, 0.5) is 17.1 Å². The highest BCUT2D eigenvalue weighted by Gasteiger charge is 2.23. The number of nitro benzene ring substituents is 1. The molecule has 16 heavy (non-hydrogen) atoms. The number of nitrogens with two attached hydrogens (primary N) is 2. The van der Waals surface area contributed by atoms with Gasteiger partial charge in [-0.3, -0.25) is 10.1 Å². The number of hydrogen-bond acceptors (Lipinski definition) is 6. The third kappa shape index (κ3) is 1.98. The SMILES string of the molecule is COc1cc(N)c([N+](=O)[O-])c(CCO)c1N. The Kier molecular flexibility index (Phi) is 3.51. The number of nitro groups is 1. The fourth-order valence-electron chi connectivity index (χ4n) is 1.49. The molecule has 1 aromatic rings. The first-order valence-corrected chi connectivity index (χ1v) is 4.53. The molecule has 0 saturated heterocycles. The van der Waals surface area contributed by atoms with Crippen molar-refractivity contribution in [3.63, 3.8) is 0 Å². The molecule has 0 amide bonds. The van der Waals surface area contributed by atoms with Crippen LogP contribution < -0.4 is 16.2 Å². The molecular formula is C9H13N3O4. The molecule has 0 unspecified atom stereocenters. The Bertz CT molecular complexity index is 420. The van der Waals surface area contributed by atoms with E-state index in [0.29, 0.717) is 0 Å². The third-order valence-electron chi connectivity index (χ3n) is 2.20. The first kappa shape index (κ1) is 12.1. The number of nitrogens with zero attached hydrogens (tertiary/aromatic N) is 1. The van der Waals surface area contributed by atoms with Gasteiger partial charge in [-0.05, 0) is 0 Å². The van der Waals surface area contributed by atoms with Crippen molar-refractivity contribution in [3.05, 3.63) is 21.7 Å². The van der Waals surface area contributed by atoms with Crippen molar-refractivity contribution in [2.45, 2.75) is 6.42 Å². The molecular weight excluding hydrogens is 214 g/mol. The normalized spacial score (nSPS) is 10.1. The third-order valence-corrected chi connectivity index (χ3v) is 2.20. The predicted octanol–water partition coefficient (Wildman–Crippen LogP) is 0.303. The van der Waals surface area contributed by atoms with Gasteiger partial charge in [0.2, 0.25) is 0 Å². The van der Waals surface area contributed by atoms with E-state index < -0.39 is 4.92 Å². The Morgan fingerprint density at radius 1 is 1.56 bits per heavy atom. The second-order valence-electron chi connectivity index (χ2n) is 3.14. The van der Waals surface area contributed by atoms with Gasteiger partial charge in [0, 0.05) is 19.1 Å². The summed E-state index contributed by atoms with van der Waals surface area (Å²) in [7, 11) is 1.39. The quantitative estimate of drug-likeness (QED) is 0.386. The summed E-state index contributed by atoms with van der Waals surface area (Å²) >= 11 is 0. The Labute approximate surface area is 91.8 Å². The predicted molar refractivity (Wildman–Crippen MR) is 59.3 cm³/mol. The van der Waals surface area contributed by atoms with Crippen molar-refractivity contribution >= 4 is 17.1 Å². The van der Waals surface area contributed by atoms with Crippen LogP contribution in [0.2, 0.25) is 0 Å². The topological polar surface area (TPSA) is 125 Å². The van der Waals surface area contributed by atoms with Crippen LogP contribution in [0, 0.1) is 10.1 Å². The summed E-state index contributed by atoms with van der Waals surface area (Å²) in [6.45, 7) is -0.252. The molecule has 0 fully saturated rings. The lowest BCUT2D eigenvalue weighted by molar-refractivity contribution is -0.384. The van der Waals surface area contributed by atoms with E-state index in [-0.39, 0.29) is 41.4 Å². The number of ether oxygens (including phenoxy) is 1. The number of anilines is 2. The number of rotatable bonds is 4. The maximum Gasteiger partial charge on any atom is 0.297 e. The van der Waals surface area contributed by atoms with Crippen molar-refractivity contribution in [1.29, 1.82) is 0 Å². The average molecular weight is 227 g/mol. The maximum absolute atomic E-state index is 10.8. The van der Waals surface area contributed by atoms with Gasteiger partial charge in [-0.25, -0.2) is 0 Å². The number of methoxy groups -OCH3 is 1. The van der Waals surface area contributed by atoms with E-state index in [1.165, 1.54) is 13.2 Å². The Morgan fingerprint density at radius 3 is 2.62 bits per heavy atom. The summed E-state index contributed by atoms with van der Waals surface area (Å²) in [4.78, 5) is 10.2. The number of hydrogen-bond donors (Lipinski definition) is 3. The van der Waals surface area contributed by atoms with Gasteiger partial charge in [-0.2, -0.15) is 0 Å². The number of aliphatic hydroxyl groups is 1. The lowest BCUT2D eigenvalue weighted by Crippen LogP contribution is -2.07. The first-order valence-electron chi connectivity index (χ1n) is 4.53. The van der Waals surface area contributed by atoms with E-state index in [1.807, 2.05) is 0 Å². The summed E-state index contributed by atoms with van der Waals surface area (Å²) < 4.78 is 4.94. The molecule has 0 atom stereocenters. The van der Waals surface area contributed by atoms with E-state index in [9.17, 15) is 10.1 Å². The Balaban J connectivity index is 3.48. The van der Waals surface area contributed by atoms with Gasteiger partial charge in [0.1, 0.15) is 11.4 Å². The minimum Gasteiger partial charge on any atom is -0.495 e. The Hall–Kier alpha value is -2.02. The average Bonchev–Trinajstić information content (AvgIpc) is 2.22. The lowest BCUT2D eigenvalue weighted by Gasteiger charge is -2.11. The van der Waals surface area contributed by atoms with Gasteiger partial charge in [-0.1, -0.05) is 0 Å². The van der Waals surface area contributed by atoms with Crippen molar-refractivity contribution in [2.24, 2.45) is 0 Å². The number of nitrogen functional groups attached to an aromatic ring is 2. The van der Waals surface area contributed by atoms with Crippen molar-refractivity contribution in [1.82, 2.24) is 0 Å². The molecule has 7 heteroatoms. The molecule has 0 aliphatic heterocycles. The fourth-order valence-corrected chi connectivity index (χ4v) is 1.49. The van der Waals surface area contributed by atoms with Crippen molar-refractivity contribution < 1.29 is 14.8 Å². The molecule has 0 saturated carbocycles. The number of aliphatic hydroxyl groups excluding tert-OH is 1. The zero-order valence-corrected chi connectivity index (χ0v) is 8.77. The minimum absolute atomic E-state index is 0.0282. The van der Waals surface area contributed by atoms with Gasteiger partial charge < -0.3 is 21.3 Å². The molecule has 0 aliphatic rings. The molecule has 0 heterocycles. The largest absolute Gasteiger partial charge is 0.495 e. The second-order valence-corrected chi connectivity index (χ2v) is 3.14. The molecule has 88 valence electrons. The second kappa shape index (κ2) is 4.67. The van der Waals surface area contributed by atoms with Crippen LogP contribution in [-0.2, 0) is 6.42 Å². The zero-order chi connectivity index (χ0) is 12.3. The number of benzene rings is 1. The van der Waals surface area contributed by atoms with Gasteiger partial charge in [0.05, 0.1) is 23.3 Å². The highest BCUT2D eigenvalue weighted by atomic mass is 16.6. The highest BCUT2D eigenvalue weighted by Crippen LogP contribution is 2.38. The van der Waals surface area contributed by atoms with E-state index in [1.54, 1.807) is 0 Å². The fraction of sp³-hybridized carbons (Fsp3) is 0.333. The van der Waals surface area contributed by atoms with Crippen LogP contribution in [0.25, 0.3) is 0 Å². The van der Waals surface area contributed by atoms with Crippen LogP contribution in [0.1, 0.15) is 5.56 Å². The monoisotopic (exact) mass is 227 g/mol. The summed E-state index contributed by atoms with van der Waals surface area (Å²) in [5.41, 5.74) is 11.3. The lowest BCUT2D eigenvalue weighted by atomic mass is 10.1. The van der Waals surface area contributed by atoms with Crippen LogP contribution in [0.3, 0.4) is 0 Å². The molecule has 1 rings (SSSR count). The van der Waals surface area contributed by atoms with Gasteiger partial charge >= 0.3 is 0 Å². The standard InChI is InChI=1S/C9H13N3O4/c1-16-7-4-6(10)9(12(14)15)5(2-3-13)8(7)11/h4,13H,2-3,10-11H2,1H3. The van der Waals surface area contributed by atoms with Gasteiger partial charge in [0.25, 0.3) is 5.69 Å². The maximum atomic E-state index is 10.8. The van der Waals surface area contributed by atoms with Crippen LogP contribution in [-0.4, -0.2) is 23.7 Å². The van der Waals surface area contributed by atoms with Gasteiger partial charge in [-0.15, -0.1) is 0 Å². The summed E-state index contributed by atoms with van der Waals surface area (Å²) in [6.07, 6.45) is 0.0591. The molecule has 5 N–H and O–H groups in total. The smallest absolute Gasteiger partial charge is 0.297 e. The molecule has 7 nitrogen and oxygen atoms in total. The molecule has 1 aromatic carbocycles. The van der Waals surface area contributed by atoms with Crippen molar-refractivity contribution in [2.75, 3.05) is 25.2 Å². The molecule has 0 radical (unpaired) electrons. The van der Waals surface area contributed by atoms with E-state index in [0.717, 1.165) is 0 Å². The molecule has 0 spiro atoms. The summed E-state index contributed by atoms with van der Waals surface area (Å²) in [5.74, 6) is 0.270. The summed E-state index contributed by atoms with van der Waals surface area (Å²) in [6, 6.07) is 1.30. The van der Waals surface area contributed by atoms with Crippen LogP contribution in [0.5, 0.6) is 5.75 Å². The first-order chi connectivity index (χ1) is 7.52. The van der Waals surface area contributed by atoms with E-state index in [2.05, 4.69) is 0 Å². The molecule has 0 aromatic heterocycles. The van der Waals surface area contributed by atoms with E-state index >= 15 is 0 Å². The summed E-state index contributed by atoms with van der Waals surface area (Å²) in [5, 5.41) is 19.7. The van der Waals surface area contributed by atoms with Crippen LogP contribution in [0.15, 0.2) is 6.07 Å². The highest BCUT2D eigenvalue weighted by molar-refractivity contribution is 5.76. The Morgan fingerprint density at radius 2 is 2.19 bits per heavy atom. The van der Waals surface area contributed by atoms with Crippen molar-refractivity contribution in [3.8, 4) is 5.75 Å². The van der Waals surface area contributed by atoms with Gasteiger partial charge in [0.15, 0.2) is 0 Å². The van der Waals surface area contributed by atoms with Crippen LogP contribution >= 0.6 is 0 Å². The zero-order valence-electron chi connectivity index (χ0n) is 8.77. The minimum atomic E-state index is -0.615. The molecule has 0 aliphatic carbocycles. The van der Waals surface area contributed by atoms with E-state index in [4.69, 9.17) is 21.3 Å².